The summed E-state index contributed by atoms with van der Waals surface area (Å²) in [6, 6.07) is 0. The Morgan fingerprint density at radius 1 is 1.08 bits per heavy atom. The molecule has 0 fully saturated rings. The van der Waals surface area contributed by atoms with E-state index in [1.807, 2.05) is 0 Å². The maximum Gasteiger partial charge on any atom is 0.0168 e. The van der Waals surface area contributed by atoms with Gasteiger partial charge < -0.3 is 0 Å². The predicted octanol–water partition coefficient (Wildman–Crippen LogP) is 5.01. The third-order valence-electron chi connectivity index (χ3n) is 2.38. The SMILES string of the molecule is CC(C)C(Br)CCCCC(C)(C)C. The predicted molar refractivity (Wildman–Crippen MR) is 65.5 cm³/mol. The first-order valence-electron chi connectivity index (χ1n) is 5.47. The fourth-order valence-electron chi connectivity index (χ4n) is 1.33. The van der Waals surface area contributed by atoms with Gasteiger partial charge >= 0.3 is 0 Å². The topological polar surface area (TPSA) is 0 Å². The lowest BCUT2D eigenvalue weighted by Crippen LogP contribution is -2.08. The van der Waals surface area contributed by atoms with Gasteiger partial charge in [-0.1, -0.05) is 63.4 Å². The van der Waals surface area contributed by atoms with Crippen molar-refractivity contribution in [2.75, 3.05) is 0 Å². The van der Waals surface area contributed by atoms with Crippen LogP contribution in [0.5, 0.6) is 0 Å². The van der Waals surface area contributed by atoms with Crippen LogP contribution in [0.1, 0.15) is 60.3 Å². The summed E-state index contributed by atoms with van der Waals surface area (Å²) in [4.78, 5) is 0.715. The fraction of sp³-hybridized carbons (Fsp3) is 1.00. The van der Waals surface area contributed by atoms with Gasteiger partial charge in [0.2, 0.25) is 0 Å². The van der Waals surface area contributed by atoms with Crippen LogP contribution in [0.25, 0.3) is 0 Å². The summed E-state index contributed by atoms with van der Waals surface area (Å²) < 4.78 is 0. The van der Waals surface area contributed by atoms with Crippen LogP contribution in [0.15, 0.2) is 0 Å². The van der Waals surface area contributed by atoms with Gasteiger partial charge in [0.05, 0.1) is 0 Å². The molecule has 1 unspecified atom stereocenters. The zero-order valence-corrected chi connectivity index (χ0v) is 11.4. The van der Waals surface area contributed by atoms with E-state index in [1.165, 1.54) is 25.7 Å². The molecule has 0 saturated heterocycles. The second kappa shape index (κ2) is 6.06. The van der Waals surface area contributed by atoms with E-state index in [0.29, 0.717) is 10.2 Å². The van der Waals surface area contributed by atoms with Crippen molar-refractivity contribution in [3.05, 3.63) is 0 Å². The van der Waals surface area contributed by atoms with Gasteiger partial charge in [0, 0.05) is 4.83 Å². The van der Waals surface area contributed by atoms with Gasteiger partial charge in [-0.2, -0.15) is 0 Å². The van der Waals surface area contributed by atoms with Crippen LogP contribution in [-0.2, 0) is 0 Å². The molecular weight excluding hydrogens is 224 g/mol. The largest absolute Gasteiger partial charge is 0.0888 e. The molecule has 0 aliphatic carbocycles. The molecule has 0 N–H and O–H groups in total. The zero-order valence-electron chi connectivity index (χ0n) is 9.86. The number of rotatable bonds is 5. The van der Waals surface area contributed by atoms with Crippen molar-refractivity contribution in [1.82, 2.24) is 0 Å². The minimum atomic E-state index is 0.514. The Kier molecular flexibility index (Phi) is 6.28. The minimum absolute atomic E-state index is 0.514. The second-order valence-electron chi connectivity index (χ2n) is 5.57. The van der Waals surface area contributed by atoms with E-state index >= 15 is 0 Å². The highest BCUT2D eigenvalue weighted by Gasteiger charge is 2.11. The van der Waals surface area contributed by atoms with E-state index in [2.05, 4.69) is 50.5 Å². The van der Waals surface area contributed by atoms with E-state index in [9.17, 15) is 0 Å². The standard InChI is InChI=1S/C12H25Br/c1-10(2)11(13)8-6-7-9-12(3,4)5/h10-11H,6-9H2,1-5H3. The molecule has 0 amide bonds. The molecule has 0 rings (SSSR count). The maximum absolute atomic E-state index is 3.72. The molecule has 13 heavy (non-hydrogen) atoms. The Morgan fingerprint density at radius 3 is 2.00 bits per heavy atom. The Balaban J connectivity index is 3.36. The molecule has 0 aliphatic rings. The Bertz CT molecular complexity index is 122. The summed E-state index contributed by atoms with van der Waals surface area (Å²) in [6.45, 7) is 11.5. The molecule has 0 aliphatic heterocycles. The summed E-state index contributed by atoms with van der Waals surface area (Å²) in [6.07, 6.45) is 5.42. The lowest BCUT2D eigenvalue weighted by atomic mass is 9.89. The van der Waals surface area contributed by atoms with E-state index in [-0.39, 0.29) is 0 Å². The molecule has 0 radical (unpaired) electrons. The minimum Gasteiger partial charge on any atom is -0.0888 e. The van der Waals surface area contributed by atoms with Crippen LogP contribution < -0.4 is 0 Å². The van der Waals surface area contributed by atoms with E-state index < -0.39 is 0 Å². The molecule has 0 aromatic heterocycles. The number of halogens is 1. The average Bonchev–Trinajstić information content (AvgIpc) is 1.95. The van der Waals surface area contributed by atoms with Crippen LogP contribution in [-0.4, -0.2) is 4.83 Å². The Labute approximate surface area is 92.6 Å². The highest BCUT2D eigenvalue weighted by atomic mass is 79.9. The van der Waals surface area contributed by atoms with Gasteiger partial charge in [0.25, 0.3) is 0 Å². The number of hydrogen-bond acceptors (Lipinski definition) is 0. The monoisotopic (exact) mass is 248 g/mol. The van der Waals surface area contributed by atoms with Crippen molar-refractivity contribution in [2.24, 2.45) is 11.3 Å². The summed E-state index contributed by atoms with van der Waals surface area (Å²) in [5, 5.41) is 0. The molecule has 0 aromatic carbocycles. The highest BCUT2D eigenvalue weighted by Crippen LogP contribution is 2.24. The molecule has 0 nitrogen and oxygen atoms in total. The molecule has 0 bridgehead atoms. The lowest BCUT2D eigenvalue weighted by molar-refractivity contribution is 0.355. The van der Waals surface area contributed by atoms with Crippen LogP contribution in [0.2, 0.25) is 0 Å². The maximum atomic E-state index is 3.72. The second-order valence-corrected chi connectivity index (χ2v) is 6.74. The number of alkyl halides is 1. The highest BCUT2D eigenvalue weighted by molar-refractivity contribution is 9.09. The molecule has 0 aromatic rings. The van der Waals surface area contributed by atoms with Gasteiger partial charge in [-0.25, -0.2) is 0 Å². The zero-order chi connectivity index (χ0) is 10.5. The first-order chi connectivity index (χ1) is 5.83. The molecule has 1 atom stereocenters. The molecule has 0 spiro atoms. The van der Waals surface area contributed by atoms with Gasteiger partial charge in [0.1, 0.15) is 0 Å². The van der Waals surface area contributed by atoms with Gasteiger partial charge in [-0.3, -0.25) is 0 Å². The smallest absolute Gasteiger partial charge is 0.0168 e. The summed E-state index contributed by atoms with van der Waals surface area (Å²) in [5.41, 5.74) is 0.514. The normalized spacial score (nSPS) is 15.0. The summed E-state index contributed by atoms with van der Waals surface area (Å²) in [7, 11) is 0. The first kappa shape index (κ1) is 13.5. The molecule has 0 saturated carbocycles. The van der Waals surface area contributed by atoms with Crippen LogP contribution in [0.3, 0.4) is 0 Å². The van der Waals surface area contributed by atoms with Crippen molar-refractivity contribution in [1.29, 1.82) is 0 Å². The molecule has 1 heteroatoms. The molecular formula is C12H25Br. The van der Waals surface area contributed by atoms with Crippen molar-refractivity contribution in [3.63, 3.8) is 0 Å². The van der Waals surface area contributed by atoms with Gasteiger partial charge in [0.15, 0.2) is 0 Å². The van der Waals surface area contributed by atoms with Crippen molar-refractivity contribution in [2.45, 2.75) is 65.1 Å². The van der Waals surface area contributed by atoms with Crippen LogP contribution >= 0.6 is 15.9 Å². The van der Waals surface area contributed by atoms with Crippen molar-refractivity contribution < 1.29 is 0 Å². The Hall–Kier alpha value is 0.480. The number of unbranched alkanes of at least 4 members (excludes halogenated alkanes) is 1. The Morgan fingerprint density at radius 2 is 1.62 bits per heavy atom. The van der Waals surface area contributed by atoms with Crippen LogP contribution in [0.4, 0.5) is 0 Å². The van der Waals surface area contributed by atoms with Gasteiger partial charge in [-0.15, -0.1) is 0 Å². The summed E-state index contributed by atoms with van der Waals surface area (Å²) >= 11 is 3.72. The lowest BCUT2D eigenvalue weighted by Gasteiger charge is -2.19. The third kappa shape index (κ3) is 8.80. The third-order valence-corrected chi connectivity index (χ3v) is 3.90. The van der Waals surface area contributed by atoms with Gasteiger partial charge in [-0.05, 0) is 24.2 Å². The first-order valence-corrected chi connectivity index (χ1v) is 6.38. The van der Waals surface area contributed by atoms with Crippen molar-refractivity contribution >= 4 is 15.9 Å². The fourth-order valence-corrected chi connectivity index (χ4v) is 1.65. The molecule has 0 heterocycles. The molecule has 80 valence electrons. The van der Waals surface area contributed by atoms with Crippen molar-refractivity contribution in [3.8, 4) is 0 Å². The van der Waals surface area contributed by atoms with E-state index in [1.54, 1.807) is 0 Å². The van der Waals surface area contributed by atoms with E-state index in [0.717, 1.165) is 5.92 Å². The average molecular weight is 249 g/mol. The van der Waals surface area contributed by atoms with Crippen LogP contribution in [0, 0.1) is 11.3 Å². The van der Waals surface area contributed by atoms with E-state index in [4.69, 9.17) is 0 Å². The number of hydrogen-bond donors (Lipinski definition) is 0. The summed E-state index contributed by atoms with van der Waals surface area (Å²) in [5.74, 6) is 0.773. The quantitative estimate of drug-likeness (QED) is 0.474.